The smallest absolute Gasteiger partial charge is 0.157 e. The van der Waals surface area contributed by atoms with Gasteiger partial charge in [-0.3, -0.25) is 0 Å². The summed E-state index contributed by atoms with van der Waals surface area (Å²) in [5.74, 6) is 0.817. The van der Waals surface area contributed by atoms with Gasteiger partial charge < -0.3 is 9.09 Å². The first kappa shape index (κ1) is 11.9. The SMILES string of the molecule is c1ccc(-c2cc(Cn3cnc4ccccc43)on2)cc1. The molecule has 0 aliphatic carbocycles. The van der Waals surface area contributed by atoms with Crippen molar-refractivity contribution < 1.29 is 4.52 Å². The van der Waals surface area contributed by atoms with Gasteiger partial charge in [0, 0.05) is 11.6 Å². The van der Waals surface area contributed by atoms with Gasteiger partial charge in [-0.25, -0.2) is 4.98 Å². The number of nitrogens with zero attached hydrogens (tertiary/aromatic N) is 3. The Labute approximate surface area is 121 Å². The zero-order valence-corrected chi connectivity index (χ0v) is 11.3. The van der Waals surface area contributed by atoms with Crippen LogP contribution in [0.4, 0.5) is 0 Å². The van der Waals surface area contributed by atoms with Crippen LogP contribution in [0.15, 0.2) is 71.5 Å². The van der Waals surface area contributed by atoms with E-state index in [2.05, 4.69) is 20.8 Å². The van der Waals surface area contributed by atoms with Crippen LogP contribution in [0.3, 0.4) is 0 Å². The minimum atomic E-state index is 0.625. The molecule has 0 aliphatic heterocycles. The lowest BCUT2D eigenvalue weighted by molar-refractivity contribution is 0.379. The number of fused-ring (bicyclic) bond motifs is 1. The minimum Gasteiger partial charge on any atom is -0.359 e. The molecule has 4 aromatic rings. The van der Waals surface area contributed by atoms with Gasteiger partial charge in [0.05, 0.1) is 23.9 Å². The van der Waals surface area contributed by atoms with Crippen molar-refractivity contribution in [3.63, 3.8) is 0 Å². The third-order valence-electron chi connectivity index (χ3n) is 3.48. The van der Waals surface area contributed by atoms with E-state index < -0.39 is 0 Å². The van der Waals surface area contributed by atoms with Gasteiger partial charge in [-0.15, -0.1) is 0 Å². The van der Waals surface area contributed by atoms with Gasteiger partial charge >= 0.3 is 0 Å². The number of imidazole rings is 1. The quantitative estimate of drug-likeness (QED) is 0.572. The van der Waals surface area contributed by atoms with Crippen LogP contribution in [0.1, 0.15) is 5.76 Å². The third kappa shape index (κ3) is 2.21. The summed E-state index contributed by atoms with van der Waals surface area (Å²) in [6, 6.07) is 20.0. The molecule has 0 unspecified atom stereocenters. The zero-order chi connectivity index (χ0) is 14.1. The highest BCUT2D eigenvalue weighted by molar-refractivity contribution is 5.75. The molecule has 0 saturated heterocycles. The zero-order valence-electron chi connectivity index (χ0n) is 11.3. The van der Waals surface area contributed by atoms with Crippen molar-refractivity contribution in [2.75, 3.05) is 0 Å². The molecule has 2 aromatic carbocycles. The van der Waals surface area contributed by atoms with Crippen molar-refractivity contribution in [1.82, 2.24) is 14.7 Å². The van der Waals surface area contributed by atoms with Gasteiger partial charge in [0.1, 0.15) is 5.69 Å². The Balaban J connectivity index is 1.65. The molecule has 4 nitrogen and oxygen atoms in total. The standard InChI is InChI=1S/C17H13N3O/c1-2-6-13(7-3-1)16-10-14(21-19-16)11-20-12-18-15-8-4-5-9-17(15)20/h1-10,12H,11H2. The lowest BCUT2D eigenvalue weighted by atomic mass is 10.1. The summed E-state index contributed by atoms with van der Waals surface area (Å²) < 4.78 is 7.50. The molecule has 4 rings (SSSR count). The largest absolute Gasteiger partial charge is 0.359 e. The Kier molecular flexibility index (Phi) is 2.78. The molecule has 0 N–H and O–H groups in total. The molecular formula is C17H13N3O. The second-order valence-electron chi connectivity index (χ2n) is 4.91. The van der Waals surface area contributed by atoms with E-state index in [4.69, 9.17) is 4.52 Å². The first-order valence-corrected chi connectivity index (χ1v) is 6.81. The van der Waals surface area contributed by atoms with E-state index in [0.29, 0.717) is 6.54 Å². The Morgan fingerprint density at radius 1 is 0.952 bits per heavy atom. The molecule has 0 radical (unpaired) electrons. The van der Waals surface area contributed by atoms with E-state index in [-0.39, 0.29) is 0 Å². The van der Waals surface area contributed by atoms with Crippen molar-refractivity contribution >= 4 is 11.0 Å². The normalized spacial score (nSPS) is 11.0. The Morgan fingerprint density at radius 2 is 1.76 bits per heavy atom. The maximum Gasteiger partial charge on any atom is 0.157 e. The van der Waals surface area contributed by atoms with Crippen LogP contribution >= 0.6 is 0 Å². The minimum absolute atomic E-state index is 0.625. The topological polar surface area (TPSA) is 43.9 Å². The summed E-state index contributed by atoms with van der Waals surface area (Å²) in [6.45, 7) is 0.625. The monoisotopic (exact) mass is 275 g/mol. The third-order valence-corrected chi connectivity index (χ3v) is 3.48. The van der Waals surface area contributed by atoms with Gasteiger partial charge in [0.2, 0.25) is 0 Å². The van der Waals surface area contributed by atoms with Gasteiger partial charge in [-0.2, -0.15) is 0 Å². The van der Waals surface area contributed by atoms with Crippen LogP contribution in [-0.4, -0.2) is 14.7 Å². The van der Waals surface area contributed by atoms with Crippen molar-refractivity contribution in [3.8, 4) is 11.3 Å². The molecular weight excluding hydrogens is 262 g/mol. The highest BCUT2D eigenvalue weighted by Crippen LogP contribution is 2.20. The molecule has 0 bridgehead atoms. The summed E-state index contributed by atoms with van der Waals surface area (Å²) >= 11 is 0. The molecule has 21 heavy (non-hydrogen) atoms. The van der Waals surface area contributed by atoms with Gasteiger partial charge in [0.25, 0.3) is 0 Å². The molecule has 2 aromatic heterocycles. The second kappa shape index (κ2) is 4.90. The number of para-hydroxylation sites is 2. The summed E-state index contributed by atoms with van der Waals surface area (Å²) in [6.07, 6.45) is 1.83. The van der Waals surface area contributed by atoms with E-state index in [9.17, 15) is 0 Å². The fraction of sp³-hybridized carbons (Fsp3) is 0.0588. The average Bonchev–Trinajstić information content (AvgIpc) is 3.17. The Bertz CT molecular complexity index is 877. The predicted molar refractivity (Wildman–Crippen MR) is 80.8 cm³/mol. The van der Waals surface area contributed by atoms with Crippen LogP contribution < -0.4 is 0 Å². The number of hydrogen-bond donors (Lipinski definition) is 0. The highest BCUT2D eigenvalue weighted by atomic mass is 16.5. The van der Waals surface area contributed by atoms with Gasteiger partial charge in [0.15, 0.2) is 5.76 Å². The number of aromatic nitrogens is 3. The summed E-state index contributed by atoms with van der Waals surface area (Å²) in [4.78, 5) is 4.38. The lowest BCUT2D eigenvalue weighted by Gasteiger charge is -1.99. The van der Waals surface area contributed by atoms with Crippen LogP contribution in [0.25, 0.3) is 22.3 Å². The number of benzene rings is 2. The van der Waals surface area contributed by atoms with Gasteiger partial charge in [-0.1, -0.05) is 47.6 Å². The van der Waals surface area contributed by atoms with Crippen molar-refractivity contribution in [3.05, 3.63) is 72.8 Å². The fourth-order valence-electron chi connectivity index (χ4n) is 2.44. The van der Waals surface area contributed by atoms with Crippen molar-refractivity contribution in [2.24, 2.45) is 0 Å². The van der Waals surface area contributed by atoms with E-state index in [1.807, 2.05) is 60.9 Å². The number of rotatable bonds is 3. The molecule has 0 fully saturated rings. The molecule has 102 valence electrons. The van der Waals surface area contributed by atoms with Crippen LogP contribution in [0, 0.1) is 0 Å². The molecule has 4 heteroatoms. The Morgan fingerprint density at radius 3 is 2.67 bits per heavy atom. The summed E-state index contributed by atoms with van der Waals surface area (Å²) in [5, 5.41) is 4.14. The van der Waals surface area contributed by atoms with E-state index >= 15 is 0 Å². The van der Waals surface area contributed by atoms with E-state index in [0.717, 1.165) is 28.1 Å². The molecule has 0 amide bonds. The van der Waals surface area contributed by atoms with E-state index in [1.165, 1.54) is 0 Å². The number of hydrogen-bond acceptors (Lipinski definition) is 3. The van der Waals surface area contributed by atoms with Crippen LogP contribution in [0.2, 0.25) is 0 Å². The van der Waals surface area contributed by atoms with Gasteiger partial charge in [-0.05, 0) is 12.1 Å². The van der Waals surface area contributed by atoms with E-state index in [1.54, 1.807) is 0 Å². The predicted octanol–water partition coefficient (Wildman–Crippen LogP) is 3.74. The average molecular weight is 275 g/mol. The molecule has 0 atom stereocenters. The maximum atomic E-state index is 5.44. The first-order chi connectivity index (χ1) is 10.4. The van der Waals surface area contributed by atoms with Crippen molar-refractivity contribution in [1.29, 1.82) is 0 Å². The second-order valence-corrected chi connectivity index (χ2v) is 4.91. The lowest BCUT2D eigenvalue weighted by Crippen LogP contribution is -1.96. The highest BCUT2D eigenvalue weighted by Gasteiger charge is 2.08. The summed E-state index contributed by atoms with van der Waals surface area (Å²) in [5.41, 5.74) is 3.99. The van der Waals surface area contributed by atoms with Crippen LogP contribution in [0.5, 0.6) is 0 Å². The van der Waals surface area contributed by atoms with Crippen molar-refractivity contribution in [2.45, 2.75) is 6.54 Å². The Hall–Kier alpha value is -2.88. The molecule has 0 spiro atoms. The molecule has 0 aliphatic rings. The molecule has 2 heterocycles. The maximum absolute atomic E-state index is 5.44. The molecule has 0 saturated carbocycles. The van der Waals surface area contributed by atoms with Crippen LogP contribution in [-0.2, 0) is 6.54 Å². The summed E-state index contributed by atoms with van der Waals surface area (Å²) in [7, 11) is 0. The first-order valence-electron chi connectivity index (χ1n) is 6.81. The fourth-order valence-corrected chi connectivity index (χ4v) is 2.44.